The number of hydrogen-bond donors (Lipinski definition) is 2. The van der Waals surface area contributed by atoms with Crippen LogP contribution < -0.4 is 5.32 Å². The number of nitrogens with one attached hydrogen (secondary N) is 1. The zero-order valence-corrected chi connectivity index (χ0v) is 7.39. The minimum Gasteiger partial charge on any atom is -0.481 e. The molecular weight excluding hydrogens is 203 g/mol. The van der Waals surface area contributed by atoms with Crippen molar-refractivity contribution in [3.05, 3.63) is 0 Å². The van der Waals surface area contributed by atoms with Crippen LogP contribution in [0.2, 0.25) is 0 Å². The lowest BCUT2D eigenvalue weighted by molar-refractivity contribution is -0.174. The third-order valence-electron chi connectivity index (χ3n) is 1.51. The van der Waals surface area contributed by atoms with Gasteiger partial charge in [-0.15, -0.1) is 0 Å². The lowest BCUT2D eigenvalue weighted by Gasteiger charge is -2.15. The average Bonchev–Trinajstić information content (AvgIpc) is 2.00. The van der Waals surface area contributed by atoms with Crippen LogP contribution in [0.25, 0.3) is 0 Å². The molecule has 0 aromatic carbocycles. The van der Waals surface area contributed by atoms with E-state index in [4.69, 9.17) is 5.11 Å². The number of alkyl halides is 3. The van der Waals surface area contributed by atoms with E-state index in [1.54, 1.807) is 5.32 Å². The summed E-state index contributed by atoms with van der Waals surface area (Å²) in [5.74, 6) is -3.36. The van der Waals surface area contributed by atoms with Crippen molar-refractivity contribution in [2.75, 3.05) is 0 Å². The van der Waals surface area contributed by atoms with Crippen LogP contribution in [0.3, 0.4) is 0 Å². The molecule has 0 saturated heterocycles. The molecular formula is C7H10F3NO3. The molecule has 1 amide bonds. The van der Waals surface area contributed by atoms with Gasteiger partial charge in [0, 0.05) is 6.04 Å². The fraction of sp³-hybridized carbons (Fsp3) is 0.714. The maximum Gasteiger partial charge on any atom is 0.471 e. The average molecular weight is 213 g/mol. The Kier molecular flexibility index (Phi) is 4.39. The van der Waals surface area contributed by atoms with Crippen molar-refractivity contribution < 1.29 is 27.9 Å². The second kappa shape index (κ2) is 4.83. The van der Waals surface area contributed by atoms with E-state index in [-0.39, 0.29) is 6.42 Å². The molecule has 0 radical (unpaired) electrons. The zero-order valence-electron chi connectivity index (χ0n) is 7.39. The second-order valence-electron chi connectivity index (χ2n) is 2.67. The Bertz CT molecular complexity index is 227. The molecule has 0 aliphatic heterocycles. The highest BCUT2D eigenvalue weighted by molar-refractivity contribution is 5.82. The second-order valence-corrected chi connectivity index (χ2v) is 2.67. The summed E-state index contributed by atoms with van der Waals surface area (Å²) in [4.78, 5) is 20.6. The molecule has 0 saturated carbocycles. The summed E-state index contributed by atoms with van der Waals surface area (Å²) in [5, 5.41) is 9.89. The molecule has 7 heteroatoms. The number of carbonyl (C=O) groups is 2. The van der Waals surface area contributed by atoms with Crippen molar-refractivity contribution in [3.63, 3.8) is 0 Å². The van der Waals surface area contributed by atoms with Crippen LogP contribution in [-0.4, -0.2) is 29.2 Å². The Morgan fingerprint density at radius 2 is 1.93 bits per heavy atom. The highest BCUT2D eigenvalue weighted by Crippen LogP contribution is 2.15. The van der Waals surface area contributed by atoms with Crippen molar-refractivity contribution >= 4 is 11.9 Å². The van der Waals surface area contributed by atoms with E-state index in [2.05, 4.69) is 0 Å². The molecule has 0 aromatic rings. The smallest absolute Gasteiger partial charge is 0.471 e. The number of carbonyl (C=O) groups excluding carboxylic acids is 1. The number of halogens is 3. The third kappa shape index (κ3) is 4.68. The van der Waals surface area contributed by atoms with Gasteiger partial charge < -0.3 is 10.4 Å². The lowest BCUT2D eigenvalue weighted by atomic mass is 10.1. The summed E-state index contributed by atoms with van der Waals surface area (Å²) in [6, 6.07) is -0.985. The van der Waals surface area contributed by atoms with E-state index in [0.29, 0.717) is 0 Å². The van der Waals surface area contributed by atoms with E-state index in [0.717, 1.165) is 0 Å². The molecule has 0 fully saturated rings. The summed E-state index contributed by atoms with van der Waals surface area (Å²) in [6.45, 7) is 1.49. The summed E-state index contributed by atoms with van der Waals surface area (Å²) in [5.41, 5.74) is 0. The van der Waals surface area contributed by atoms with E-state index in [9.17, 15) is 22.8 Å². The van der Waals surface area contributed by atoms with Gasteiger partial charge in [-0.2, -0.15) is 13.2 Å². The number of carboxylic acids is 1. The van der Waals surface area contributed by atoms with Gasteiger partial charge in [0.2, 0.25) is 0 Å². The molecule has 0 unspecified atom stereocenters. The first-order chi connectivity index (χ1) is 6.27. The molecule has 0 aromatic heterocycles. The Hall–Kier alpha value is -1.27. The number of aliphatic carboxylic acids is 1. The Balaban J connectivity index is 4.19. The van der Waals surface area contributed by atoms with Gasteiger partial charge in [-0.3, -0.25) is 9.59 Å². The normalized spacial score (nSPS) is 13.4. The standard InChI is InChI=1S/C7H10F3NO3/c1-2-4(3-5(12)13)11-6(14)7(8,9)10/h4H,2-3H2,1H3,(H,11,14)(H,12,13)/t4-/m1/s1. The molecule has 14 heavy (non-hydrogen) atoms. The maximum absolute atomic E-state index is 11.7. The van der Waals surface area contributed by atoms with E-state index >= 15 is 0 Å². The minimum atomic E-state index is -4.97. The van der Waals surface area contributed by atoms with Crippen LogP contribution in [0.4, 0.5) is 13.2 Å². The van der Waals surface area contributed by atoms with Crippen molar-refractivity contribution in [1.29, 1.82) is 0 Å². The molecule has 0 heterocycles. The molecule has 82 valence electrons. The monoisotopic (exact) mass is 213 g/mol. The summed E-state index contributed by atoms with van der Waals surface area (Å²) in [6.07, 6.45) is -5.35. The predicted octanol–water partition coefficient (Wildman–Crippen LogP) is 0.918. The first-order valence-electron chi connectivity index (χ1n) is 3.86. The van der Waals surface area contributed by atoms with Crippen LogP contribution >= 0.6 is 0 Å². The summed E-state index contributed by atoms with van der Waals surface area (Å²) < 4.78 is 35.2. The summed E-state index contributed by atoms with van der Waals surface area (Å²) >= 11 is 0. The third-order valence-corrected chi connectivity index (χ3v) is 1.51. The van der Waals surface area contributed by atoms with Gasteiger partial charge in [-0.1, -0.05) is 6.92 Å². The Morgan fingerprint density at radius 3 is 2.21 bits per heavy atom. The van der Waals surface area contributed by atoms with Crippen molar-refractivity contribution in [2.45, 2.75) is 32.0 Å². The molecule has 4 nitrogen and oxygen atoms in total. The van der Waals surface area contributed by atoms with Gasteiger partial charge in [0.25, 0.3) is 0 Å². The largest absolute Gasteiger partial charge is 0.481 e. The van der Waals surface area contributed by atoms with Crippen LogP contribution in [0.1, 0.15) is 19.8 Å². The molecule has 0 bridgehead atoms. The van der Waals surface area contributed by atoms with E-state index in [1.807, 2.05) is 0 Å². The molecule has 0 aliphatic carbocycles. The van der Waals surface area contributed by atoms with Crippen LogP contribution in [0, 0.1) is 0 Å². The SMILES string of the molecule is CC[C@H](CC(=O)O)NC(=O)C(F)(F)F. The zero-order chi connectivity index (χ0) is 11.4. The van der Waals surface area contributed by atoms with Gasteiger partial charge in [-0.05, 0) is 6.42 Å². The van der Waals surface area contributed by atoms with Crippen molar-refractivity contribution in [2.24, 2.45) is 0 Å². The van der Waals surface area contributed by atoms with E-state index < -0.39 is 30.5 Å². The minimum absolute atomic E-state index is 0.133. The lowest BCUT2D eigenvalue weighted by Crippen LogP contribution is -2.43. The van der Waals surface area contributed by atoms with Crippen molar-refractivity contribution in [3.8, 4) is 0 Å². The fourth-order valence-electron chi connectivity index (χ4n) is 0.775. The van der Waals surface area contributed by atoms with Crippen molar-refractivity contribution in [1.82, 2.24) is 5.32 Å². The van der Waals surface area contributed by atoms with Gasteiger partial charge >= 0.3 is 18.1 Å². The van der Waals surface area contributed by atoms with Crippen LogP contribution in [0.5, 0.6) is 0 Å². The van der Waals surface area contributed by atoms with E-state index in [1.165, 1.54) is 6.92 Å². The van der Waals surface area contributed by atoms with Crippen LogP contribution in [0.15, 0.2) is 0 Å². The molecule has 0 aliphatic rings. The maximum atomic E-state index is 11.7. The molecule has 2 N–H and O–H groups in total. The number of hydrogen-bond acceptors (Lipinski definition) is 2. The predicted molar refractivity (Wildman–Crippen MR) is 40.5 cm³/mol. The molecule has 0 spiro atoms. The quantitative estimate of drug-likeness (QED) is 0.729. The topological polar surface area (TPSA) is 66.4 Å². The Morgan fingerprint density at radius 1 is 1.43 bits per heavy atom. The first kappa shape index (κ1) is 12.7. The fourth-order valence-corrected chi connectivity index (χ4v) is 0.775. The number of amides is 1. The highest BCUT2D eigenvalue weighted by Gasteiger charge is 2.39. The van der Waals surface area contributed by atoms with Crippen LogP contribution in [-0.2, 0) is 9.59 Å². The number of carboxylic acid groups (broad SMARTS) is 1. The van der Waals surface area contributed by atoms with Gasteiger partial charge in [0.05, 0.1) is 6.42 Å². The molecule has 0 rings (SSSR count). The summed E-state index contributed by atoms with van der Waals surface area (Å²) in [7, 11) is 0. The van der Waals surface area contributed by atoms with Gasteiger partial charge in [0.1, 0.15) is 0 Å². The number of rotatable bonds is 4. The Labute approximate surface area is 78.1 Å². The highest BCUT2D eigenvalue weighted by atomic mass is 19.4. The van der Waals surface area contributed by atoms with Gasteiger partial charge in [-0.25, -0.2) is 0 Å². The van der Waals surface area contributed by atoms with Gasteiger partial charge in [0.15, 0.2) is 0 Å². The molecule has 1 atom stereocenters. The first-order valence-corrected chi connectivity index (χ1v) is 3.86.